The van der Waals surface area contributed by atoms with Gasteiger partial charge in [-0.2, -0.15) is 11.8 Å². The molecule has 0 bridgehead atoms. The Kier molecular flexibility index (Phi) is 5.12. The van der Waals surface area contributed by atoms with Gasteiger partial charge in [-0.25, -0.2) is 0 Å². The fourth-order valence-corrected chi connectivity index (χ4v) is 3.28. The van der Waals surface area contributed by atoms with Crippen molar-refractivity contribution in [3.05, 3.63) is 35.9 Å². The molecule has 0 spiro atoms. The smallest absolute Gasteiger partial charge is 0.232 e. The number of rotatable bonds is 5. The third-order valence-electron chi connectivity index (χ3n) is 3.42. The SMILES string of the molecule is C[C@H](CSCC(=O)N1CCCC1)c1ccccc1. The van der Waals surface area contributed by atoms with Gasteiger partial charge in [0.1, 0.15) is 0 Å². The van der Waals surface area contributed by atoms with E-state index in [0.29, 0.717) is 17.6 Å². The van der Waals surface area contributed by atoms with Gasteiger partial charge in [-0.1, -0.05) is 37.3 Å². The Labute approximate surface area is 114 Å². The van der Waals surface area contributed by atoms with Crippen molar-refractivity contribution in [1.82, 2.24) is 4.90 Å². The number of thioether (sulfide) groups is 1. The quantitative estimate of drug-likeness (QED) is 0.813. The van der Waals surface area contributed by atoms with Crippen LogP contribution in [0.25, 0.3) is 0 Å². The number of hydrogen-bond donors (Lipinski definition) is 0. The van der Waals surface area contributed by atoms with E-state index in [1.54, 1.807) is 11.8 Å². The molecule has 18 heavy (non-hydrogen) atoms. The van der Waals surface area contributed by atoms with Crippen LogP contribution in [0.1, 0.15) is 31.2 Å². The van der Waals surface area contributed by atoms with Crippen LogP contribution >= 0.6 is 11.8 Å². The van der Waals surface area contributed by atoms with E-state index in [-0.39, 0.29) is 0 Å². The molecule has 1 fully saturated rings. The molecular formula is C15H21NOS. The molecular weight excluding hydrogens is 242 g/mol. The van der Waals surface area contributed by atoms with E-state index in [1.165, 1.54) is 18.4 Å². The van der Waals surface area contributed by atoms with Gasteiger partial charge in [-0.05, 0) is 24.3 Å². The van der Waals surface area contributed by atoms with Gasteiger partial charge < -0.3 is 4.90 Å². The number of nitrogens with zero attached hydrogens (tertiary/aromatic N) is 1. The summed E-state index contributed by atoms with van der Waals surface area (Å²) in [5.74, 6) is 2.49. The molecule has 0 aromatic heterocycles. The van der Waals surface area contributed by atoms with E-state index in [4.69, 9.17) is 0 Å². The maximum atomic E-state index is 11.9. The molecule has 98 valence electrons. The van der Waals surface area contributed by atoms with Crippen LogP contribution in [0.3, 0.4) is 0 Å². The Morgan fingerprint density at radius 1 is 1.28 bits per heavy atom. The van der Waals surface area contributed by atoms with Crippen LogP contribution in [0.5, 0.6) is 0 Å². The summed E-state index contributed by atoms with van der Waals surface area (Å²) in [7, 11) is 0. The van der Waals surface area contributed by atoms with Crippen molar-refractivity contribution in [1.29, 1.82) is 0 Å². The molecule has 0 saturated carbocycles. The maximum Gasteiger partial charge on any atom is 0.232 e. The summed E-state index contributed by atoms with van der Waals surface area (Å²) in [4.78, 5) is 13.9. The van der Waals surface area contributed by atoms with E-state index >= 15 is 0 Å². The molecule has 1 atom stereocenters. The second-order valence-electron chi connectivity index (χ2n) is 4.91. The molecule has 1 saturated heterocycles. The molecule has 0 aliphatic carbocycles. The Balaban J connectivity index is 1.70. The molecule has 1 aliphatic heterocycles. The molecule has 3 heteroatoms. The lowest BCUT2D eigenvalue weighted by atomic mass is 10.0. The zero-order valence-electron chi connectivity index (χ0n) is 11.0. The van der Waals surface area contributed by atoms with Crippen molar-refractivity contribution in [2.45, 2.75) is 25.7 Å². The first kappa shape index (κ1) is 13.5. The summed E-state index contributed by atoms with van der Waals surface area (Å²) in [6.07, 6.45) is 2.35. The molecule has 0 N–H and O–H groups in total. The van der Waals surface area contributed by atoms with E-state index in [0.717, 1.165) is 18.8 Å². The Morgan fingerprint density at radius 3 is 2.61 bits per heavy atom. The normalized spacial score (nSPS) is 16.8. The number of carbonyl (C=O) groups is 1. The lowest BCUT2D eigenvalue weighted by Gasteiger charge is -2.16. The third kappa shape index (κ3) is 3.77. The maximum absolute atomic E-state index is 11.9. The number of benzene rings is 1. The van der Waals surface area contributed by atoms with Crippen LogP contribution in [-0.2, 0) is 4.79 Å². The first-order valence-electron chi connectivity index (χ1n) is 6.68. The van der Waals surface area contributed by atoms with Crippen molar-refractivity contribution in [3.63, 3.8) is 0 Å². The Hall–Kier alpha value is -0.960. The summed E-state index contributed by atoms with van der Waals surface area (Å²) >= 11 is 1.76. The Morgan fingerprint density at radius 2 is 1.94 bits per heavy atom. The number of amides is 1. The second-order valence-corrected chi connectivity index (χ2v) is 5.95. The predicted molar refractivity (Wildman–Crippen MR) is 78.0 cm³/mol. The zero-order valence-corrected chi connectivity index (χ0v) is 11.8. The van der Waals surface area contributed by atoms with E-state index in [1.807, 2.05) is 11.0 Å². The summed E-state index contributed by atoms with van der Waals surface area (Å²) in [5.41, 5.74) is 1.36. The Bertz CT molecular complexity index is 373. The minimum atomic E-state index is 0.317. The second kappa shape index (κ2) is 6.83. The molecule has 2 nitrogen and oxygen atoms in total. The van der Waals surface area contributed by atoms with Crippen LogP contribution < -0.4 is 0 Å². The zero-order chi connectivity index (χ0) is 12.8. The van der Waals surface area contributed by atoms with Crippen molar-refractivity contribution in [3.8, 4) is 0 Å². The van der Waals surface area contributed by atoms with Gasteiger partial charge in [0.15, 0.2) is 0 Å². The highest BCUT2D eigenvalue weighted by Gasteiger charge is 2.17. The standard InChI is InChI=1S/C15H21NOS/c1-13(14-7-3-2-4-8-14)11-18-12-15(17)16-9-5-6-10-16/h2-4,7-8,13H,5-6,9-12H2,1H3/t13-/m1/s1. The molecule has 1 heterocycles. The molecule has 2 rings (SSSR count). The number of likely N-dealkylation sites (tertiary alicyclic amines) is 1. The minimum Gasteiger partial charge on any atom is -0.342 e. The van der Waals surface area contributed by atoms with Crippen LogP contribution in [0, 0.1) is 0 Å². The largest absolute Gasteiger partial charge is 0.342 e. The van der Waals surface area contributed by atoms with Gasteiger partial charge >= 0.3 is 0 Å². The van der Waals surface area contributed by atoms with Crippen molar-refractivity contribution >= 4 is 17.7 Å². The average Bonchev–Trinajstić information content (AvgIpc) is 2.93. The van der Waals surface area contributed by atoms with Crippen molar-refractivity contribution < 1.29 is 4.79 Å². The summed E-state index contributed by atoms with van der Waals surface area (Å²) in [6.45, 7) is 4.16. The number of carbonyl (C=O) groups excluding carboxylic acids is 1. The topological polar surface area (TPSA) is 20.3 Å². The summed E-state index contributed by atoms with van der Waals surface area (Å²) in [6, 6.07) is 10.5. The minimum absolute atomic E-state index is 0.317. The van der Waals surface area contributed by atoms with Crippen LogP contribution in [-0.4, -0.2) is 35.4 Å². The fraction of sp³-hybridized carbons (Fsp3) is 0.533. The van der Waals surface area contributed by atoms with Gasteiger partial charge in [0.05, 0.1) is 5.75 Å². The summed E-state index contributed by atoms with van der Waals surface area (Å²) in [5, 5.41) is 0. The number of hydrogen-bond acceptors (Lipinski definition) is 2. The molecule has 1 aromatic rings. The highest BCUT2D eigenvalue weighted by atomic mass is 32.2. The van der Waals surface area contributed by atoms with E-state index in [2.05, 4.69) is 31.2 Å². The molecule has 1 aromatic carbocycles. The van der Waals surface area contributed by atoms with Gasteiger partial charge in [0.2, 0.25) is 5.91 Å². The average molecular weight is 263 g/mol. The van der Waals surface area contributed by atoms with Gasteiger partial charge in [-0.3, -0.25) is 4.79 Å². The van der Waals surface area contributed by atoms with E-state index in [9.17, 15) is 4.79 Å². The molecule has 0 unspecified atom stereocenters. The van der Waals surface area contributed by atoms with Crippen LogP contribution in [0.4, 0.5) is 0 Å². The highest BCUT2D eigenvalue weighted by molar-refractivity contribution is 7.99. The van der Waals surface area contributed by atoms with Crippen molar-refractivity contribution in [2.24, 2.45) is 0 Å². The summed E-state index contributed by atoms with van der Waals surface area (Å²) < 4.78 is 0. The fourth-order valence-electron chi connectivity index (χ4n) is 2.26. The highest BCUT2D eigenvalue weighted by Crippen LogP contribution is 2.20. The van der Waals surface area contributed by atoms with Crippen LogP contribution in [0.2, 0.25) is 0 Å². The molecule has 1 aliphatic rings. The van der Waals surface area contributed by atoms with Gasteiger partial charge in [0.25, 0.3) is 0 Å². The van der Waals surface area contributed by atoms with Crippen LogP contribution in [0.15, 0.2) is 30.3 Å². The lowest BCUT2D eigenvalue weighted by molar-refractivity contribution is -0.127. The lowest BCUT2D eigenvalue weighted by Crippen LogP contribution is -2.29. The van der Waals surface area contributed by atoms with E-state index < -0.39 is 0 Å². The molecule has 1 amide bonds. The van der Waals surface area contributed by atoms with Gasteiger partial charge in [-0.15, -0.1) is 0 Å². The molecule has 0 radical (unpaired) electrons. The third-order valence-corrected chi connectivity index (χ3v) is 4.61. The predicted octanol–water partition coefficient (Wildman–Crippen LogP) is 3.15. The van der Waals surface area contributed by atoms with Crippen molar-refractivity contribution in [2.75, 3.05) is 24.6 Å². The first-order valence-corrected chi connectivity index (χ1v) is 7.83. The monoisotopic (exact) mass is 263 g/mol. The van der Waals surface area contributed by atoms with Gasteiger partial charge in [0, 0.05) is 18.8 Å². The first-order chi connectivity index (χ1) is 8.77.